The van der Waals surface area contributed by atoms with Gasteiger partial charge in [-0.05, 0) is 40.2 Å². The molecule has 0 aliphatic heterocycles. The molecule has 3 rings (SSSR count). The molecule has 3 aromatic rings. The summed E-state index contributed by atoms with van der Waals surface area (Å²) in [5, 5.41) is 0.498. The second-order valence-corrected chi connectivity index (χ2v) is 5.29. The van der Waals surface area contributed by atoms with E-state index in [9.17, 15) is 4.39 Å². The molecule has 0 bridgehead atoms. The van der Waals surface area contributed by atoms with Gasteiger partial charge in [-0.3, -0.25) is 4.40 Å². The zero-order chi connectivity index (χ0) is 13.6. The fraction of sp³-hybridized carbons (Fsp3) is 0. The standard InChI is InChI=1S/C13H8BrClFN3/c14-8-4-3-7(6-10(8)16)11-12(17)19-5-1-2-9(15)13(19)18-11/h1-6H,17H2. The van der Waals surface area contributed by atoms with Crippen LogP contribution in [0.25, 0.3) is 16.9 Å². The highest BCUT2D eigenvalue weighted by Gasteiger charge is 2.14. The summed E-state index contributed by atoms with van der Waals surface area (Å²) in [6.07, 6.45) is 1.77. The van der Waals surface area contributed by atoms with Crippen molar-refractivity contribution in [2.24, 2.45) is 0 Å². The van der Waals surface area contributed by atoms with E-state index in [2.05, 4.69) is 20.9 Å². The van der Waals surface area contributed by atoms with Crippen molar-refractivity contribution in [1.29, 1.82) is 0 Å². The second-order valence-electron chi connectivity index (χ2n) is 4.02. The van der Waals surface area contributed by atoms with Gasteiger partial charge in [-0.1, -0.05) is 17.7 Å². The van der Waals surface area contributed by atoms with E-state index < -0.39 is 0 Å². The molecule has 0 amide bonds. The molecule has 0 atom stereocenters. The Balaban J connectivity index is 2.28. The summed E-state index contributed by atoms with van der Waals surface area (Å²) in [5.74, 6) is 0.0688. The van der Waals surface area contributed by atoms with Crippen LogP contribution in [-0.4, -0.2) is 9.38 Å². The molecule has 6 heteroatoms. The maximum absolute atomic E-state index is 13.6. The number of nitrogen functional groups attached to an aromatic ring is 1. The molecule has 19 heavy (non-hydrogen) atoms. The normalized spacial score (nSPS) is 11.1. The first kappa shape index (κ1) is 12.4. The number of anilines is 1. The highest BCUT2D eigenvalue weighted by atomic mass is 79.9. The summed E-state index contributed by atoms with van der Waals surface area (Å²) in [5.41, 5.74) is 7.71. The minimum absolute atomic E-state index is 0.361. The lowest BCUT2D eigenvalue weighted by molar-refractivity contribution is 0.621. The van der Waals surface area contributed by atoms with Crippen LogP contribution in [0.4, 0.5) is 10.2 Å². The molecule has 0 aliphatic carbocycles. The van der Waals surface area contributed by atoms with E-state index in [1.165, 1.54) is 6.07 Å². The van der Waals surface area contributed by atoms with Crippen molar-refractivity contribution in [2.75, 3.05) is 5.73 Å². The molecular formula is C13H8BrClFN3. The van der Waals surface area contributed by atoms with Crippen molar-refractivity contribution < 1.29 is 4.39 Å². The quantitative estimate of drug-likeness (QED) is 0.723. The van der Waals surface area contributed by atoms with Gasteiger partial charge in [0.25, 0.3) is 0 Å². The fourth-order valence-corrected chi connectivity index (χ4v) is 2.36. The third-order valence-corrected chi connectivity index (χ3v) is 3.77. The number of halogens is 3. The topological polar surface area (TPSA) is 43.3 Å². The van der Waals surface area contributed by atoms with Crippen LogP contribution in [0.5, 0.6) is 0 Å². The van der Waals surface area contributed by atoms with Crippen molar-refractivity contribution in [3.8, 4) is 11.3 Å². The maximum atomic E-state index is 13.6. The first-order valence-electron chi connectivity index (χ1n) is 5.45. The van der Waals surface area contributed by atoms with Gasteiger partial charge in [0.1, 0.15) is 17.3 Å². The van der Waals surface area contributed by atoms with Crippen LogP contribution < -0.4 is 5.73 Å². The Labute approximate surface area is 122 Å². The molecule has 0 radical (unpaired) electrons. The average Bonchev–Trinajstić information content (AvgIpc) is 2.72. The van der Waals surface area contributed by atoms with Crippen LogP contribution in [-0.2, 0) is 0 Å². The van der Waals surface area contributed by atoms with E-state index in [-0.39, 0.29) is 5.82 Å². The van der Waals surface area contributed by atoms with Gasteiger partial charge in [-0.2, -0.15) is 0 Å². The zero-order valence-corrected chi connectivity index (χ0v) is 11.9. The molecule has 0 fully saturated rings. The van der Waals surface area contributed by atoms with Gasteiger partial charge in [0.05, 0.1) is 9.50 Å². The predicted molar refractivity (Wildman–Crippen MR) is 77.7 cm³/mol. The number of imidazole rings is 1. The minimum atomic E-state index is -0.361. The highest BCUT2D eigenvalue weighted by molar-refractivity contribution is 9.10. The third kappa shape index (κ3) is 1.99. The molecule has 1 aromatic carbocycles. The van der Waals surface area contributed by atoms with Crippen molar-refractivity contribution in [1.82, 2.24) is 9.38 Å². The summed E-state index contributed by atoms with van der Waals surface area (Å²) < 4.78 is 15.7. The largest absolute Gasteiger partial charge is 0.383 e. The summed E-state index contributed by atoms with van der Waals surface area (Å²) in [4.78, 5) is 4.38. The van der Waals surface area contributed by atoms with E-state index >= 15 is 0 Å². The molecule has 96 valence electrons. The zero-order valence-electron chi connectivity index (χ0n) is 9.57. The SMILES string of the molecule is Nc1c(-c2ccc(Br)c(F)c2)nc2c(Cl)cccn12. The summed E-state index contributed by atoms with van der Waals surface area (Å²) in [6, 6.07) is 8.26. The Hall–Kier alpha value is -1.59. The van der Waals surface area contributed by atoms with E-state index in [4.69, 9.17) is 17.3 Å². The Morgan fingerprint density at radius 1 is 1.32 bits per heavy atom. The average molecular weight is 341 g/mol. The first-order chi connectivity index (χ1) is 9.08. The van der Waals surface area contributed by atoms with Gasteiger partial charge in [-0.25, -0.2) is 9.37 Å². The number of pyridine rings is 1. The maximum Gasteiger partial charge on any atom is 0.157 e. The van der Waals surface area contributed by atoms with Crippen molar-refractivity contribution in [3.05, 3.63) is 51.8 Å². The van der Waals surface area contributed by atoms with Crippen LogP contribution >= 0.6 is 27.5 Å². The summed E-state index contributed by atoms with van der Waals surface area (Å²) >= 11 is 9.18. The Morgan fingerprint density at radius 2 is 2.11 bits per heavy atom. The highest BCUT2D eigenvalue weighted by Crippen LogP contribution is 2.30. The number of benzene rings is 1. The lowest BCUT2D eigenvalue weighted by Gasteiger charge is -2.01. The summed E-state index contributed by atoms with van der Waals surface area (Å²) in [6.45, 7) is 0. The molecule has 0 spiro atoms. The number of hydrogen-bond acceptors (Lipinski definition) is 2. The molecule has 2 N–H and O–H groups in total. The molecular weight excluding hydrogens is 333 g/mol. The van der Waals surface area contributed by atoms with Crippen LogP contribution in [0.3, 0.4) is 0 Å². The molecule has 0 saturated heterocycles. The van der Waals surface area contributed by atoms with E-state index in [0.717, 1.165) is 0 Å². The minimum Gasteiger partial charge on any atom is -0.383 e. The molecule has 0 aliphatic rings. The predicted octanol–water partition coefficient (Wildman–Crippen LogP) is 4.14. The van der Waals surface area contributed by atoms with E-state index in [0.29, 0.717) is 32.2 Å². The van der Waals surface area contributed by atoms with Crippen molar-refractivity contribution >= 4 is 39.0 Å². The van der Waals surface area contributed by atoms with E-state index in [1.54, 1.807) is 34.9 Å². The Morgan fingerprint density at radius 3 is 2.79 bits per heavy atom. The Kier molecular flexibility index (Phi) is 2.95. The lowest BCUT2D eigenvalue weighted by Crippen LogP contribution is -1.94. The van der Waals surface area contributed by atoms with Gasteiger partial charge in [0, 0.05) is 11.8 Å². The second kappa shape index (κ2) is 4.51. The van der Waals surface area contributed by atoms with Gasteiger partial charge in [0.15, 0.2) is 5.65 Å². The van der Waals surface area contributed by atoms with Gasteiger partial charge in [0.2, 0.25) is 0 Å². The van der Waals surface area contributed by atoms with Gasteiger partial charge in [-0.15, -0.1) is 0 Å². The smallest absolute Gasteiger partial charge is 0.157 e. The Bertz CT molecular complexity index is 785. The van der Waals surface area contributed by atoms with Crippen LogP contribution in [0.1, 0.15) is 0 Å². The van der Waals surface area contributed by atoms with Crippen molar-refractivity contribution in [2.45, 2.75) is 0 Å². The molecule has 2 heterocycles. The first-order valence-corrected chi connectivity index (χ1v) is 6.62. The number of aromatic nitrogens is 2. The molecule has 0 unspecified atom stereocenters. The van der Waals surface area contributed by atoms with Crippen LogP contribution in [0, 0.1) is 5.82 Å². The number of fused-ring (bicyclic) bond motifs is 1. The third-order valence-electron chi connectivity index (χ3n) is 2.83. The number of hydrogen-bond donors (Lipinski definition) is 1. The monoisotopic (exact) mass is 339 g/mol. The van der Waals surface area contributed by atoms with Crippen LogP contribution in [0.2, 0.25) is 5.02 Å². The number of rotatable bonds is 1. The molecule has 3 nitrogen and oxygen atoms in total. The van der Waals surface area contributed by atoms with Crippen molar-refractivity contribution in [3.63, 3.8) is 0 Å². The molecule has 0 saturated carbocycles. The summed E-state index contributed by atoms with van der Waals surface area (Å²) in [7, 11) is 0. The number of nitrogens with two attached hydrogens (primary N) is 1. The van der Waals surface area contributed by atoms with Gasteiger partial charge < -0.3 is 5.73 Å². The molecule has 2 aromatic heterocycles. The van der Waals surface area contributed by atoms with Gasteiger partial charge >= 0.3 is 0 Å². The fourth-order valence-electron chi connectivity index (χ4n) is 1.91. The van der Waals surface area contributed by atoms with Crippen LogP contribution in [0.15, 0.2) is 41.0 Å². The number of nitrogens with zero attached hydrogens (tertiary/aromatic N) is 2. The lowest BCUT2D eigenvalue weighted by atomic mass is 10.1. The van der Waals surface area contributed by atoms with E-state index in [1.807, 2.05) is 0 Å².